The summed E-state index contributed by atoms with van der Waals surface area (Å²) in [4.78, 5) is 1.39. The summed E-state index contributed by atoms with van der Waals surface area (Å²) < 4.78 is 0. The zero-order valence-electron chi connectivity index (χ0n) is 9.79. The fourth-order valence-electron chi connectivity index (χ4n) is 1.72. The van der Waals surface area contributed by atoms with Gasteiger partial charge in [0.1, 0.15) is 0 Å². The quantitative estimate of drug-likeness (QED) is 0.847. The molecule has 0 fully saturated rings. The van der Waals surface area contributed by atoms with Gasteiger partial charge in [-0.2, -0.15) is 0 Å². The standard InChI is InChI=1S/C14H17NS/c1-11-5-6-12(2)13(8-11)9-15-10-14-4-3-7-16-14/h3-8,15H,9-10H2,1-2H3. The summed E-state index contributed by atoms with van der Waals surface area (Å²) in [6, 6.07) is 10.9. The first-order valence-corrected chi connectivity index (χ1v) is 6.43. The van der Waals surface area contributed by atoms with Crippen molar-refractivity contribution in [1.82, 2.24) is 5.32 Å². The lowest BCUT2D eigenvalue weighted by Crippen LogP contribution is -2.12. The molecule has 0 saturated heterocycles. The minimum atomic E-state index is 0.950. The van der Waals surface area contributed by atoms with Crippen LogP contribution in [0.15, 0.2) is 35.7 Å². The highest BCUT2D eigenvalue weighted by molar-refractivity contribution is 7.09. The maximum absolute atomic E-state index is 3.48. The normalized spacial score (nSPS) is 10.6. The van der Waals surface area contributed by atoms with Crippen molar-refractivity contribution in [2.24, 2.45) is 0 Å². The highest BCUT2D eigenvalue weighted by Crippen LogP contribution is 2.11. The van der Waals surface area contributed by atoms with Crippen molar-refractivity contribution in [3.63, 3.8) is 0 Å². The zero-order chi connectivity index (χ0) is 11.4. The average Bonchev–Trinajstić information content (AvgIpc) is 2.76. The van der Waals surface area contributed by atoms with Gasteiger partial charge < -0.3 is 5.32 Å². The monoisotopic (exact) mass is 231 g/mol. The van der Waals surface area contributed by atoms with Gasteiger partial charge in [0, 0.05) is 18.0 Å². The molecule has 0 radical (unpaired) electrons. The molecule has 0 saturated carbocycles. The van der Waals surface area contributed by atoms with E-state index in [1.54, 1.807) is 11.3 Å². The van der Waals surface area contributed by atoms with Crippen LogP contribution < -0.4 is 5.32 Å². The topological polar surface area (TPSA) is 12.0 Å². The van der Waals surface area contributed by atoms with Crippen molar-refractivity contribution in [3.8, 4) is 0 Å². The van der Waals surface area contributed by atoms with Crippen LogP contribution in [0.2, 0.25) is 0 Å². The second-order valence-electron chi connectivity index (χ2n) is 4.11. The predicted molar refractivity (Wildman–Crippen MR) is 70.8 cm³/mol. The Morgan fingerprint density at radius 1 is 1.12 bits per heavy atom. The van der Waals surface area contributed by atoms with Crippen LogP contribution in [0.3, 0.4) is 0 Å². The predicted octanol–water partition coefficient (Wildman–Crippen LogP) is 3.65. The molecule has 0 bridgehead atoms. The van der Waals surface area contributed by atoms with E-state index >= 15 is 0 Å². The number of aryl methyl sites for hydroxylation is 2. The smallest absolute Gasteiger partial charge is 0.0302 e. The summed E-state index contributed by atoms with van der Waals surface area (Å²) in [5.74, 6) is 0. The average molecular weight is 231 g/mol. The van der Waals surface area contributed by atoms with Gasteiger partial charge in [0.25, 0.3) is 0 Å². The molecule has 2 heteroatoms. The molecule has 0 atom stereocenters. The van der Waals surface area contributed by atoms with Crippen LogP contribution in [0.25, 0.3) is 0 Å². The van der Waals surface area contributed by atoms with Crippen molar-refractivity contribution >= 4 is 11.3 Å². The minimum Gasteiger partial charge on any atom is -0.308 e. The van der Waals surface area contributed by atoms with E-state index in [4.69, 9.17) is 0 Å². The number of hydrogen-bond acceptors (Lipinski definition) is 2. The second-order valence-corrected chi connectivity index (χ2v) is 5.15. The van der Waals surface area contributed by atoms with Gasteiger partial charge in [0.15, 0.2) is 0 Å². The molecule has 1 N–H and O–H groups in total. The van der Waals surface area contributed by atoms with Crippen molar-refractivity contribution in [1.29, 1.82) is 0 Å². The van der Waals surface area contributed by atoms with Crippen molar-refractivity contribution in [2.75, 3.05) is 0 Å². The number of rotatable bonds is 4. The molecule has 1 aromatic carbocycles. The Morgan fingerprint density at radius 2 is 2.00 bits per heavy atom. The molecule has 84 valence electrons. The van der Waals surface area contributed by atoms with E-state index in [-0.39, 0.29) is 0 Å². The molecule has 1 aromatic heterocycles. The molecule has 1 heterocycles. The largest absolute Gasteiger partial charge is 0.308 e. The summed E-state index contributed by atoms with van der Waals surface area (Å²) in [6.45, 7) is 6.22. The van der Waals surface area contributed by atoms with Crippen molar-refractivity contribution < 1.29 is 0 Å². The summed E-state index contributed by atoms with van der Waals surface area (Å²) in [5, 5.41) is 5.60. The van der Waals surface area contributed by atoms with Crippen LogP contribution in [0, 0.1) is 13.8 Å². The van der Waals surface area contributed by atoms with E-state index in [1.165, 1.54) is 21.6 Å². The molecule has 0 spiro atoms. The summed E-state index contributed by atoms with van der Waals surface area (Å²) >= 11 is 1.80. The van der Waals surface area contributed by atoms with E-state index < -0.39 is 0 Å². The molecular weight excluding hydrogens is 214 g/mol. The summed E-state index contributed by atoms with van der Waals surface area (Å²) in [7, 11) is 0. The Hall–Kier alpha value is -1.12. The minimum absolute atomic E-state index is 0.950. The Morgan fingerprint density at radius 3 is 2.75 bits per heavy atom. The van der Waals surface area contributed by atoms with Gasteiger partial charge in [-0.3, -0.25) is 0 Å². The van der Waals surface area contributed by atoms with E-state index in [2.05, 4.69) is 54.9 Å². The van der Waals surface area contributed by atoms with E-state index in [0.29, 0.717) is 0 Å². The first-order valence-electron chi connectivity index (χ1n) is 5.55. The van der Waals surface area contributed by atoms with Gasteiger partial charge in [0.2, 0.25) is 0 Å². The SMILES string of the molecule is Cc1ccc(C)c(CNCc2cccs2)c1. The summed E-state index contributed by atoms with van der Waals surface area (Å²) in [5.41, 5.74) is 4.10. The van der Waals surface area contributed by atoms with Gasteiger partial charge in [0.05, 0.1) is 0 Å². The van der Waals surface area contributed by atoms with Gasteiger partial charge in [-0.25, -0.2) is 0 Å². The third-order valence-electron chi connectivity index (χ3n) is 2.70. The zero-order valence-corrected chi connectivity index (χ0v) is 10.6. The molecule has 2 aromatic rings. The van der Waals surface area contributed by atoms with Crippen LogP contribution in [0.4, 0.5) is 0 Å². The lowest BCUT2D eigenvalue weighted by Gasteiger charge is -2.08. The maximum atomic E-state index is 3.48. The third-order valence-corrected chi connectivity index (χ3v) is 3.58. The van der Waals surface area contributed by atoms with Crippen LogP contribution in [0.1, 0.15) is 21.6 Å². The fourth-order valence-corrected chi connectivity index (χ4v) is 2.40. The van der Waals surface area contributed by atoms with E-state index in [9.17, 15) is 0 Å². The third kappa shape index (κ3) is 2.94. The molecule has 1 nitrogen and oxygen atoms in total. The molecule has 16 heavy (non-hydrogen) atoms. The van der Waals surface area contributed by atoms with Crippen LogP contribution in [0.5, 0.6) is 0 Å². The number of thiophene rings is 1. The van der Waals surface area contributed by atoms with Crippen LogP contribution in [-0.2, 0) is 13.1 Å². The second kappa shape index (κ2) is 5.28. The van der Waals surface area contributed by atoms with Gasteiger partial charge in [-0.1, -0.05) is 29.8 Å². The molecular formula is C14H17NS. The van der Waals surface area contributed by atoms with E-state index in [1.807, 2.05) is 0 Å². The summed E-state index contributed by atoms with van der Waals surface area (Å²) in [6.07, 6.45) is 0. The number of benzene rings is 1. The number of nitrogens with one attached hydrogen (secondary N) is 1. The highest BCUT2D eigenvalue weighted by Gasteiger charge is 1.99. The van der Waals surface area contributed by atoms with Crippen LogP contribution in [-0.4, -0.2) is 0 Å². The Kier molecular flexibility index (Phi) is 3.75. The Labute approximate surface area is 101 Å². The molecule has 2 rings (SSSR count). The van der Waals surface area contributed by atoms with Gasteiger partial charge >= 0.3 is 0 Å². The molecule has 0 aliphatic carbocycles. The Bertz CT molecular complexity index is 446. The first-order chi connectivity index (χ1) is 7.75. The van der Waals surface area contributed by atoms with Gasteiger partial charge in [-0.15, -0.1) is 11.3 Å². The Balaban J connectivity index is 1.92. The van der Waals surface area contributed by atoms with Crippen molar-refractivity contribution in [3.05, 3.63) is 57.3 Å². The maximum Gasteiger partial charge on any atom is 0.0302 e. The number of hydrogen-bond donors (Lipinski definition) is 1. The van der Waals surface area contributed by atoms with Gasteiger partial charge in [-0.05, 0) is 36.4 Å². The van der Waals surface area contributed by atoms with Crippen LogP contribution >= 0.6 is 11.3 Å². The van der Waals surface area contributed by atoms with E-state index in [0.717, 1.165) is 13.1 Å². The highest BCUT2D eigenvalue weighted by atomic mass is 32.1. The molecule has 0 aliphatic heterocycles. The fraction of sp³-hybridized carbons (Fsp3) is 0.286. The lowest BCUT2D eigenvalue weighted by molar-refractivity contribution is 0.697. The molecule has 0 unspecified atom stereocenters. The molecule has 0 amide bonds. The first kappa shape index (κ1) is 11.4. The lowest BCUT2D eigenvalue weighted by atomic mass is 10.1. The van der Waals surface area contributed by atoms with Crippen molar-refractivity contribution in [2.45, 2.75) is 26.9 Å². The molecule has 0 aliphatic rings.